The predicted octanol–water partition coefficient (Wildman–Crippen LogP) is 7.48. The number of nitrogens with two attached hydrogens (primary N) is 1. The Hall–Kier alpha value is -2.21. The van der Waals surface area contributed by atoms with Gasteiger partial charge in [0.2, 0.25) is 0 Å². The minimum Gasteiger partial charge on any atom is -0.372 e. The van der Waals surface area contributed by atoms with Crippen LogP contribution in [-0.4, -0.2) is 35.4 Å². The normalized spacial score (nSPS) is 22.5. The fraction of sp³-hybridized carbons (Fsp3) is 0.690. The summed E-state index contributed by atoms with van der Waals surface area (Å²) in [5, 5.41) is 7.48. The number of carbonyl (C=O) groups excluding carboxylic acids is 1. The standard InChI is InChI=1S/C13H23NO.C12H18N4.2C2H6/c1-2-11(15)13-5-3-4-12(10-14,6-8-13)7-9-13;1-7-14-11-10(9(4)8(2)3)15-16(6)12(11)13-5;2*1-2/h2-10,14H2,1H3;7,13H,2,4H2,1,3,5-6H3;2*1-2H3. The third-order valence-corrected chi connectivity index (χ3v) is 7.29. The molecule has 3 aliphatic rings. The number of aliphatic imine (C=N–C) groups is 1. The van der Waals surface area contributed by atoms with Crippen molar-refractivity contribution in [2.45, 2.75) is 99.8 Å². The minimum absolute atomic E-state index is 0.0594. The Balaban J connectivity index is 0.000000579. The van der Waals surface area contributed by atoms with E-state index in [4.69, 9.17) is 5.73 Å². The molecule has 2 bridgehead atoms. The molecular formula is C29H53N5O. The van der Waals surface area contributed by atoms with Crippen LogP contribution in [0.5, 0.6) is 0 Å². The van der Waals surface area contributed by atoms with E-state index in [0.29, 0.717) is 11.2 Å². The molecule has 0 unspecified atom stereocenters. The molecule has 0 atom stereocenters. The van der Waals surface area contributed by atoms with E-state index in [9.17, 15) is 4.79 Å². The summed E-state index contributed by atoms with van der Waals surface area (Å²) in [6.45, 7) is 22.5. The second-order valence-corrected chi connectivity index (χ2v) is 9.18. The number of nitrogens with zero attached hydrogens (tertiary/aromatic N) is 3. The first-order valence-electron chi connectivity index (χ1n) is 13.5. The molecule has 3 saturated carbocycles. The lowest BCUT2D eigenvalue weighted by molar-refractivity contribution is -0.131. The number of aryl methyl sites for hydroxylation is 1. The van der Waals surface area contributed by atoms with E-state index in [-0.39, 0.29) is 5.41 Å². The number of hydrogen-bond donors (Lipinski definition) is 2. The number of carbonyl (C=O) groups is 1. The van der Waals surface area contributed by atoms with E-state index < -0.39 is 0 Å². The monoisotopic (exact) mass is 487 g/mol. The molecule has 1 heterocycles. The molecule has 3 N–H and O–H groups in total. The summed E-state index contributed by atoms with van der Waals surface area (Å²) in [4.78, 5) is 16.4. The number of ketones is 1. The van der Waals surface area contributed by atoms with Gasteiger partial charge in [0.15, 0.2) is 5.82 Å². The van der Waals surface area contributed by atoms with E-state index in [1.54, 1.807) is 10.9 Å². The first-order valence-corrected chi connectivity index (χ1v) is 13.5. The maximum absolute atomic E-state index is 12.1. The zero-order valence-corrected chi connectivity index (χ0v) is 24.2. The second kappa shape index (κ2) is 15.7. The molecule has 0 aliphatic heterocycles. The summed E-state index contributed by atoms with van der Waals surface area (Å²) in [6, 6.07) is 0. The molecular weight excluding hydrogens is 434 g/mol. The van der Waals surface area contributed by atoms with Crippen LogP contribution in [0.3, 0.4) is 0 Å². The number of hydrogen-bond acceptors (Lipinski definition) is 5. The van der Waals surface area contributed by atoms with Crippen molar-refractivity contribution in [1.29, 1.82) is 0 Å². The number of anilines is 1. The van der Waals surface area contributed by atoms with Gasteiger partial charge in [0.1, 0.15) is 17.2 Å². The van der Waals surface area contributed by atoms with Crippen molar-refractivity contribution in [1.82, 2.24) is 9.78 Å². The van der Waals surface area contributed by atoms with Crippen LogP contribution in [0.2, 0.25) is 0 Å². The Labute approximate surface area is 215 Å². The fourth-order valence-corrected chi connectivity index (χ4v) is 5.11. The first kappa shape index (κ1) is 32.8. The molecule has 0 aromatic carbocycles. The Bertz CT molecular complexity index is 841. The Morgan fingerprint density at radius 1 is 1.14 bits per heavy atom. The number of nitrogens with one attached hydrogen (secondary N) is 1. The molecule has 0 spiro atoms. The summed E-state index contributed by atoms with van der Waals surface area (Å²) in [5.41, 5.74) is 9.66. The number of Topliss-reactive ketones (excluding diaryl/α,β-unsaturated/α-hetero) is 1. The van der Waals surface area contributed by atoms with Crippen molar-refractivity contribution >= 4 is 29.1 Å². The van der Waals surface area contributed by atoms with Gasteiger partial charge in [-0.05, 0) is 75.5 Å². The van der Waals surface area contributed by atoms with E-state index >= 15 is 0 Å². The molecule has 1 aromatic heterocycles. The Kier molecular flexibility index (Phi) is 14.7. The summed E-state index contributed by atoms with van der Waals surface area (Å²) in [5.74, 6) is 1.38. The van der Waals surface area contributed by atoms with E-state index in [1.807, 2.05) is 62.6 Å². The zero-order chi connectivity index (χ0) is 27.2. The zero-order valence-electron chi connectivity index (χ0n) is 24.2. The smallest absolute Gasteiger partial charge is 0.150 e. The van der Waals surface area contributed by atoms with Crippen LogP contribution in [-0.2, 0) is 11.8 Å². The van der Waals surface area contributed by atoms with Crippen molar-refractivity contribution in [3.05, 3.63) is 24.4 Å². The van der Waals surface area contributed by atoms with Crippen molar-refractivity contribution in [3.8, 4) is 0 Å². The molecule has 3 aliphatic carbocycles. The summed E-state index contributed by atoms with van der Waals surface area (Å²) in [6.07, 6.45) is 10.6. The van der Waals surface area contributed by atoms with E-state index in [2.05, 4.69) is 28.6 Å². The topological polar surface area (TPSA) is 85.3 Å². The maximum Gasteiger partial charge on any atom is 0.150 e. The van der Waals surface area contributed by atoms with Gasteiger partial charge in [-0.2, -0.15) is 5.10 Å². The molecule has 4 rings (SSSR count). The van der Waals surface area contributed by atoms with Crippen LogP contribution < -0.4 is 11.1 Å². The van der Waals surface area contributed by atoms with Gasteiger partial charge < -0.3 is 11.1 Å². The summed E-state index contributed by atoms with van der Waals surface area (Å²) in [7, 11) is 3.72. The molecule has 1 aromatic rings. The van der Waals surface area contributed by atoms with Crippen LogP contribution in [0, 0.1) is 10.8 Å². The van der Waals surface area contributed by atoms with Gasteiger partial charge >= 0.3 is 0 Å². The van der Waals surface area contributed by atoms with Crippen molar-refractivity contribution in [2.75, 3.05) is 18.9 Å². The second-order valence-electron chi connectivity index (χ2n) is 9.18. The van der Waals surface area contributed by atoms with Gasteiger partial charge in [0.05, 0.1) is 0 Å². The highest BCUT2D eigenvalue weighted by molar-refractivity contribution is 5.86. The van der Waals surface area contributed by atoms with Crippen molar-refractivity contribution in [2.24, 2.45) is 28.6 Å². The highest BCUT2D eigenvalue weighted by atomic mass is 16.1. The molecule has 0 saturated heterocycles. The molecule has 200 valence electrons. The van der Waals surface area contributed by atoms with Gasteiger partial charge in [-0.3, -0.25) is 14.5 Å². The molecule has 0 amide bonds. The highest BCUT2D eigenvalue weighted by Gasteiger charge is 2.47. The quantitative estimate of drug-likeness (QED) is 0.308. The lowest BCUT2D eigenvalue weighted by atomic mass is 9.63. The first-order chi connectivity index (χ1) is 16.7. The highest BCUT2D eigenvalue weighted by Crippen LogP contribution is 2.54. The predicted molar refractivity (Wildman–Crippen MR) is 155 cm³/mol. The molecule has 3 fully saturated rings. The number of allylic oxidation sites excluding steroid dienone is 2. The van der Waals surface area contributed by atoms with Crippen LogP contribution in [0.25, 0.3) is 5.57 Å². The van der Waals surface area contributed by atoms with Crippen LogP contribution >= 0.6 is 0 Å². The van der Waals surface area contributed by atoms with Crippen LogP contribution in [0.4, 0.5) is 11.5 Å². The molecule has 6 heteroatoms. The van der Waals surface area contributed by atoms with Gasteiger partial charge in [-0.25, -0.2) is 0 Å². The summed E-state index contributed by atoms with van der Waals surface area (Å²) >= 11 is 0. The molecule has 0 radical (unpaired) electrons. The fourth-order valence-electron chi connectivity index (χ4n) is 5.11. The van der Waals surface area contributed by atoms with Crippen LogP contribution in [0.15, 0.2) is 23.7 Å². The Morgan fingerprint density at radius 2 is 1.71 bits per heavy atom. The van der Waals surface area contributed by atoms with Crippen molar-refractivity contribution in [3.63, 3.8) is 0 Å². The number of fused-ring (bicyclic) bond motifs is 4. The largest absolute Gasteiger partial charge is 0.372 e. The minimum atomic E-state index is 0.0594. The third-order valence-electron chi connectivity index (χ3n) is 7.29. The lowest BCUT2D eigenvalue weighted by Gasteiger charge is -2.41. The molecule has 6 nitrogen and oxygen atoms in total. The Morgan fingerprint density at radius 3 is 2.14 bits per heavy atom. The number of aromatic nitrogens is 2. The van der Waals surface area contributed by atoms with Gasteiger partial charge in [0, 0.05) is 32.1 Å². The van der Waals surface area contributed by atoms with Crippen molar-refractivity contribution < 1.29 is 4.79 Å². The summed E-state index contributed by atoms with van der Waals surface area (Å²) < 4.78 is 1.76. The average molecular weight is 488 g/mol. The number of rotatable bonds is 7. The maximum atomic E-state index is 12.1. The molecule has 35 heavy (non-hydrogen) atoms. The van der Waals surface area contributed by atoms with Gasteiger partial charge in [-0.15, -0.1) is 0 Å². The van der Waals surface area contributed by atoms with Crippen LogP contribution in [0.1, 0.15) is 106 Å². The van der Waals surface area contributed by atoms with E-state index in [0.717, 1.165) is 60.6 Å². The SMILES string of the molecule is C=C(C)C(=C)c1nn(C)c(NC)c1N=CC.CC.CC.CCC(=O)C12CCCC(CN)(CC1)CC2. The van der Waals surface area contributed by atoms with Gasteiger partial charge in [-0.1, -0.05) is 54.2 Å². The van der Waals surface area contributed by atoms with Gasteiger partial charge in [0.25, 0.3) is 0 Å². The average Bonchev–Trinajstić information content (AvgIpc) is 3.03. The van der Waals surface area contributed by atoms with E-state index in [1.165, 1.54) is 25.7 Å². The lowest BCUT2D eigenvalue weighted by Crippen LogP contribution is -2.39. The third kappa shape index (κ3) is 7.89.